The van der Waals surface area contributed by atoms with E-state index in [9.17, 15) is 0 Å². The molecular weight excluding hydrogens is 729 g/mol. The van der Waals surface area contributed by atoms with Gasteiger partial charge in [-0.2, -0.15) is 0 Å². The van der Waals surface area contributed by atoms with Crippen LogP contribution in [0.2, 0.25) is 0 Å². The molecule has 0 saturated carbocycles. The summed E-state index contributed by atoms with van der Waals surface area (Å²) in [7, 11) is 0. The molecule has 3 aromatic heterocycles. The van der Waals surface area contributed by atoms with Crippen molar-refractivity contribution in [3.8, 4) is 56.4 Å². The zero-order valence-corrected chi connectivity index (χ0v) is 33.0. The number of para-hydroxylation sites is 3. The smallest absolute Gasteiger partial charge is 0.235 e. The second-order valence-corrected chi connectivity index (χ2v) is 14.6. The van der Waals surface area contributed by atoms with Crippen molar-refractivity contribution in [2.75, 3.05) is 0 Å². The summed E-state index contributed by atoms with van der Waals surface area (Å²) in [5.74, 6) is 0.627. The Bertz CT molecular complexity index is 3260. The number of hydrogen-bond acceptors (Lipinski definition) is 2. The van der Waals surface area contributed by atoms with Crippen LogP contribution in [-0.2, 0) is 0 Å². The Labute approximate surface area is 349 Å². The summed E-state index contributed by atoms with van der Waals surface area (Å²) in [5.41, 5.74) is 14.0. The average Bonchev–Trinajstić information content (AvgIpc) is 3.86. The number of aromatic nitrogens is 4. The molecule has 0 radical (unpaired) electrons. The van der Waals surface area contributed by atoms with Gasteiger partial charge >= 0.3 is 0 Å². The third-order valence-corrected chi connectivity index (χ3v) is 11.1. The van der Waals surface area contributed by atoms with Crippen LogP contribution in [-0.4, -0.2) is 19.1 Å². The van der Waals surface area contributed by atoms with E-state index in [1.165, 1.54) is 16.3 Å². The number of rotatable bonds is 7. The fourth-order valence-electron chi connectivity index (χ4n) is 8.53. The Balaban J connectivity index is 0.00000104. The lowest BCUT2D eigenvalue weighted by Gasteiger charge is -2.17. The maximum Gasteiger partial charge on any atom is 0.235 e. The third kappa shape index (κ3) is 6.28. The van der Waals surface area contributed by atoms with Crippen LogP contribution in [0.3, 0.4) is 0 Å². The molecule has 60 heavy (non-hydrogen) atoms. The molecule has 0 spiro atoms. The molecule has 0 unspecified atom stereocenters. The van der Waals surface area contributed by atoms with Gasteiger partial charge in [-0.3, -0.25) is 4.57 Å². The predicted molar refractivity (Wildman–Crippen MR) is 253 cm³/mol. The van der Waals surface area contributed by atoms with E-state index in [1.54, 1.807) is 12.2 Å². The topological polar surface area (TPSA) is 35.6 Å². The van der Waals surface area contributed by atoms with Gasteiger partial charge in [0, 0.05) is 43.9 Å². The Morgan fingerprint density at radius 3 is 1.48 bits per heavy atom. The molecule has 0 amide bonds. The van der Waals surface area contributed by atoms with Gasteiger partial charge in [0.05, 0.1) is 33.5 Å². The van der Waals surface area contributed by atoms with E-state index in [-0.39, 0.29) is 0 Å². The highest BCUT2D eigenvalue weighted by Gasteiger charge is 2.25. The van der Waals surface area contributed by atoms with Gasteiger partial charge in [-0.25, -0.2) is 9.97 Å². The Kier molecular flexibility index (Phi) is 9.49. The van der Waals surface area contributed by atoms with Gasteiger partial charge in [-0.05, 0) is 53.1 Å². The van der Waals surface area contributed by atoms with Crippen LogP contribution >= 0.6 is 0 Å². The lowest BCUT2D eigenvalue weighted by molar-refractivity contribution is 0.996. The quantitative estimate of drug-likeness (QED) is 0.151. The van der Waals surface area contributed by atoms with Gasteiger partial charge in [0.25, 0.3) is 0 Å². The van der Waals surface area contributed by atoms with Crippen LogP contribution in [0.5, 0.6) is 0 Å². The van der Waals surface area contributed by atoms with Gasteiger partial charge in [0.15, 0.2) is 0 Å². The minimum Gasteiger partial charge on any atom is -0.309 e. The van der Waals surface area contributed by atoms with Gasteiger partial charge in [0.1, 0.15) is 0 Å². The summed E-state index contributed by atoms with van der Waals surface area (Å²) < 4.78 is 4.70. The summed E-state index contributed by atoms with van der Waals surface area (Å²) in [6.07, 6.45) is 3.28. The van der Waals surface area contributed by atoms with E-state index >= 15 is 0 Å². The van der Waals surface area contributed by atoms with Crippen molar-refractivity contribution in [3.63, 3.8) is 0 Å². The van der Waals surface area contributed by atoms with Crippen LogP contribution in [0.25, 0.3) is 100 Å². The summed E-state index contributed by atoms with van der Waals surface area (Å²) in [5, 5.41) is 4.71. The van der Waals surface area contributed by atoms with Crippen molar-refractivity contribution in [3.05, 3.63) is 232 Å². The summed E-state index contributed by atoms with van der Waals surface area (Å²) >= 11 is 0. The first-order chi connectivity index (χ1) is 29.7. The zero-order chi connectivity index (χ0) is 40.4. The molecule has 0 atom stereocenters. The van der Waals surface area contributed by atoms with E-state index in [2.05, 4.69) is 216 Å². The molecule has 0 aliphatic carbocycles. The van der Waals surface area contributed by atoms with Crippen LogP contribution in [0.15, 0.2) is 232 Å². The third-order valence-electron chi connectivity index (χ3n) is 11.1. The highest BCUT2D eigenvalue weighted by molar-refractivity contribution is 6.22. The largest absolute Gasteiger partial charge is 0.309 e. The van der Waals surface area contributed by atoms with Crippen molar-refractivity contribution >= 4 is 43.6 Å². The number of fused-ring (bicyclic) bond motifs is 6. The van der Waals surface area contributed by atoms with Crippen LogP contribution in [0.1, 0.15) is 0 Å². The highest BCUT2D eigenvalue weighted by Crippen LogP contribution is 2.47. The summed E-state index contributed by atoms with van der Waals surface area (Å²) in [6.45, 7) is 6.72. The fourth-order valence-corrected chi connectivity index (χ4v) is 8.53. The van der Waals surface area contributed by atoms with Gasteiger partial charge < -0.3 is 4.57 Å². The predicted octanol–water partition coefficient (Wildman–Crippen LogP) is 14.7. The van der Waals surface area contributed by atoms with Crippen LogP contribution in [0, 0.1) is 0 Å². The van der Waals surface area contributed by atoms with Gasteiger partial charge in [-0.1, -0.05) is 195 Å². The van der Waals surface area contributed by atoms with Crippen molar-refractivity contribution in [1.82, 2.24) is 19.1 Å². The first-order valence-electron chi connectivity index (χ1n) is 20.2. The van der Waals surface area contributed by atoms with E-state index in [1.807, 2.05) is 12.1 Å². The SMILES string of the molecule is C=CC=C.c1ccc(-c2cc(-c3ccccc3)nc(-n3c4ccccc4c4ccc(-c5ccccc5)c(-c5cccc6c5c5ccccc5n6-c5ccccc5)c43)n2)cc1. The first kappa shape index (κ1) is 36.3. The molecule has 11 rings (SSSR count). The zero-order valence-electron chi connectivity index (χ0n) is 33.0. The molecule has 0 fully saturated rings. The molecule has 4 heteroatoms. The monoisotopic (exact) mass is 768 g/mol. The maximum atomic E-state index is 5.41. The van der Waals surface area contributed by atoms with Gasteiger partial charge in [-0.15, -0.1) is 0 Å². The standard InChI is InChI=1S/C52H34N4.C4H6/c1-5-18-35(19-6-1)39-32-33-41-40-26-13-15-29-46(40)56(52-53-44(36-20-7-2-8-21-36)34-45(54-52)37-22-9-3-10-23-37)51(41)50(39)43-28-17-31-48-49(43)42-27-14-16-30-47(42)55(48)38-24-11-4-12-25-38;1-3-4-2/h1-34H;3-4H,1-2H2. The molecular formula is C56H40N4. The number of nitrogens with zero attached hydrogens (tertiary/aromatic N) is 4. The van der Waals surface area contributed by atoms with Crippen molar-refractivity contribution < 1.29 is 0 Å². The van der Waals surface area contributed by atoms with Crippen molar-refractivity contribution in [2.24, 2.45) is 0 Å². The second-order valence-electron chi connectivity index (χ2n) is 14.6. The van der Waals surface area contributed by atoms with Crippen molar-refractivity contribution in [1.29, 1.82) is 0 Å². The minimum atomic E-state index is 0.627. The molecule has 3 heterocycles. The number of hydrogen-bond donors (Lipinski definition) is 0. The summed E-state index contributed by atoms with van der Waals surface area (Å²) in [6, 6.07) is 73.2. The Morgan fingerprint density at radius 1 is 0.383 bits per heavy atom. The fraction of sp³-hybridized carbons (Fsp3) is 0. The van der Waals surface area contributed by atoms with Crippen LogP contribution in [0.4, 0.5) is 0 Å². The lowest BCUT2D eigenvalue weighted by atomic mass is 9.90. The minimum absolute atomic E-state index is 0.627. The normalized spacial score (nSPS) is 11.1. The molecule has 0 N–H and O–H groups in total. The molecule has 0 saturated heterocycles. The van der Waals surface area contributed by atoms with Gasteiger partial charge in [0.2, 0.25) is 5.95 Å². The molecule has 284 valence electrons. The highest BCUT2D eigenvalue weighted by atomic mass is 15.2. The molecule has 11 aromatic rings. The van der Waals surface area contributed by atoms with E-state index in [0.29, 0.717) is 5.95 Å². The second kappa shape index (κ2) is 15.7. The lowest BCUT2D eigenvalue weighted by Crippen LogP contribution is -2.05. The Morgan fingerprint density at radius 2 is 0.883 bits per heavy atom. The molecule has 0 aliphatic heterocycles. The van der Waals surface area contributed by atoms with Crippen LogP contribution < -0.4 is 0 Å². The molecule has 0 aliphatic rings. The summed E-state index contributed by atoms with van der Waals surface area (Å²) in [4.78, 5) is 10.8. The molecule has 8 aromatic carbocycles. The maximum absolute atomic E-state index is 5.41. The Hall–Kier alpha value is -8.08. The number of allylic oxidation sites excluding steroid dienone is 2. The van der Waals surface area contributed by atoms with E-state index < -0.39 is 0 Å². The number of benzene rings is 8. The van der Waals surface area contributed by atoms with E-state index in [0.717, 1.165) is 77.8 Å². The average molecular weight is 769 g/mol. The molecule has 4 nitrogen and oxygen atoms in total. The van der Waals surface area contributed by atoms with Crippen molar-refractivity contribution in [2.45, 2.75) is 0 Å². The first-order valence-corrected chi connectivity index (χ1v) is 20.2. The van der Waals surface area contributed by atoms with E-state index in [4.69, 9.17) is 9.97 Å². The molecule has 0 bridgehead atoms.